The Morgan fingerprint density at radius 1 is 1.33 bits per heavy atom. The molecule has 1 aliphatic rings. The number of nitrogens with one attached hydrogen (secondary N) is 1. The zero-order valence-electron chi connectivity index (χ0n) is 16.4. The Hall–Kier alpha value is -1.22. The summed E-state index contributed by atoms with van der Waals surface area (Å²) in [5, 5.41) is 7.82. The van der Waals surface area contributed by atoms with Gasteiger partial charge in [-0.2, -0.15) is 16.9 Å². The third-order valence-electron chi connectivity index (χ3n) is 4.81. The maximum Gasteiger partial charge on any atom is 0.193 e. The average molecular weight is 499 g/mol. The summed E-state index contributed by atoms with van der Waals surface area (Å²) in [6, 6.07) is 8.80. The molecule has 0 spiro atoms. The van der Waals surface area contributed by atoms with Crippen LogP contribution in [0, 0.1) is 6.92 Å². The Kier molecular flexibility index (Phi) is 8.95. The van der Waals surface area contributed by atoms with Gasteiger partial charge in [0.25, 0.3) is 0 Å². The highest BCUT2D eigenvalue weighted by molar-refractivity contribution is 14.0. The lowest BCUT2D eigenvalue weighted by Gasteiger charge is -2.21. The lowest BCUT2D eigenvalue weighted by Crippen LogP contribution is -2.40. The number of hydrogen-bond donors (Lipinski definition) is 1. The predicted molar refractivity (Wildman–Crippen MR) is 126 cm³/mol. The van der Waals surface area contributed by atoms with Crippen molar-refractivity contribution >= 4 is 41.7 Å². The van der Waals surface area contributed by atoms with Gasteiger partial charge in [0.1, 0.15) is 0 Å². The van der Waals surface area contributed by atoms with Crippen LogP contribution < -0.4 is 5.32 Å². The highest BCUT2D eigenvalue weighted by atomic mass is 127. The van der Waals surface area contributed by atoms with Crippen LogP contribution >= 0.6 is 35.7 Å². The van der Waals surface area contributed by atoms with E-state index in [-0.39, 0.29) is 24.0 Å². The van der Waals surface area contributed by atoms with Gasteiger partial charge in [-0.1, -0.05) is 29.8 Å². The summed E-state index contributed by atoms with van der Waals surface area (Å²) in [4.78, 5) is 6.83. The van der Waals surface area contributed by atoms with E-state index >= 15 is 0 Å². The summed E-state index contributed by atoms with van der Waals surface area (Å²) in [6.07, 6.45) is 5.28. The Bertz CT molecular complexity index is 728. The number of benzene rings is 1. The van der Waals surface area contributed by atoms with Crippen LogP contribution in [0.15, 0.2) is 41.7 Å². The fraction of sp³-hybridized carbons (Fsp3) is 0.500. The van der Waals surface area contributed by atoms with Crippen molar-refractivity contribution in [1.82, 2.24) is 20.0 Å². The smallest absolute Gasteiger partial charge is 0.193 e. The van der Waals surface area contributed by atoms with Gasteiger partial charge in [-0.05, 0) is 24.5 Å². The Balaban J connectivity index is 0.00000261. The van der Waals surface area contributed by atoms with Gasteiger partial charge in [-0.15, -0.1) is 24.0 Å². The molecule has 27 heavy (non-hydrogen) atoms. The minimum atomic E-state index is 0. The van der Waals surface area contributed by atoms with Crippen molar-refractivity contribution in [3.63, 3.8) is 0 Å². The predicted octanol–water partition coefficient (Wildman–Crippen LogP) is 3.64. The SMILES string of the molecule is CN=C(NCCSCc1ccc(C)cc1)N1CCC(c2cnn(C)c2)C1.I. The van der Waals surface area contributed by atoms with Crippen molar-refractivity contribution in [2.75, 3.05) is 32.4 Å². The van der Waals surface area contributed by atoms with E-state index < -0.39 is 0 Å². The van der Waals surface area contributed by atoms with Crippen LogP contribution in [0.1, 0.15) is 29.0 Å². The van der Waals surface area contributed by atoms with Crippen LogP contribution in [0.25, 0.3) is 0 Å². The first-order chi connectivity index (χ1) is 12.7. The summed E-state index contributed by atoms with van der Waals surface area (Å²) in [5.41, 5.74) is 4.04. The summed E-state index contributed by atoms with van der Waals surface area (Å²) in [5.74, 6) is 3.71. The molecule has 0 bridgehead atoms. The van der Waals surface area contributed by atoms with Gasteiger partial charge >= 0.3 is 0 Å². The molecule has 1 aromatic heterocycles. The van der Waals surface area contributed by atoms with E-state index in [4.69, 9.17) is 0 Å². The van der Waals surface area contributed by atoms with Crippen molar-refractivity contribution < 1.29 is 0 Å². The fourth-order valence-electron chi connectivity index (χ4n) is 3.32. The molecular formula is C20H30IN5S. The van der Waals surface area contributed by atoms with Crippen molar-refractivity contribution in [1.29, 1.82) is 0 Å². The summed E-state index contributed by atoms with van der Waals surface area (Å²) in [6.45, 7) is 5.14. The van der Waals surface area contributed by atoms with Gasteiger partial charge in [0.2, 0.25) is 0 Å². The molecule has 0 saturated carbocycles. The normalized spacial score (nSPS) is 17.1. The van der Waals surface area contributed by atoms with Crippen LogP contribution in [0.3, 0.4) is 0 Å². The van der Waals surface area contributed by atoms with Crippen LogP contribution in [0.5, 0.6) is 0 Å². The molecule has 0 aliphatic carbocycles. The maximum absolute atomic E-state index is 4.47. The van der Waals surface area contributed by atoms with Gasteiger partial charge in [0.05, 0.1) is 6.20 Å². The van der Waals surface area contributed by atoms with Crippen molar-refractivity contribution in [3.05, 3.63) is 53.3 Å². The van der Waals surface area contributed by atoms with Gasteiger partial charge in [0.15, 0.2) is 5.96 Å². The standard InChI is InChI=1S/C20H29N5S.HI/c1-16-4-6-17(7-5-16)15-26-11-9-22-20(21-2)25-10-8-18(14-25)19-12-23-24(3)13-19;/h4-7,12-13,18H,8-11,14-15H2,1-3H3,(H,21,22);1H. The number of aliphatic imine (C=N–C) groups is 1. The minimum absolute atomic E-state index is 0. The number of aromatic nitrogens is 2. The molecule has 0 radical (unpaired) electrons. The Morgan fingerprint density at radius 3 is 2.78 bits per heavy atom. The molecule has 1 N–H and O–H groups in total. The first-order valence-corrected chi connectivity index (χ1v) is 10.4. The first kappa shape index (κ1) is 22.1. The first-order valence-electron chi connectivity index (χ1n) is 9.23. The molecule has 7 heteroatoms. The van der Waals surface area contributed by atoms with Crippen LogP contribution in [0.4, 0.5) is 0 Å². The molecular weight excluding hydrogens is 469 g/mol. The lowest BCUT2D eigenvalue weighted by atomic mass is 10.0. The number of likely N-dealkylation sites (tertiary alicyclic amines) is 1. The van der Waals surface area contributed by atoms with E-state index in [1.54, 1.807) is 0 Å². The number of thioether (sulfide) groups is 1. The third-order valence-corrected chi connectivity index (χ3v) is 5.84. The largest absolute Gasteiger partial charge is 0.355 e. The molecule has 2 aromatic rings. The van der Waals surface area contributed by atoms with Crippen molar-refractivity contribution in [3.8, 4) is 0 Å². The summed E-state index contributed by atoms with van der Waals surface area (Å²) < 4.78 is 1.89. The van der Waals surface area contributed by atoms with Crippen LogP contribution in [0.2, 0.25) is 0 Å². The quantitative estimate of drug-likeness (QED) is 0.285. The number of nitrogens with zero attached hydrogens (tertiary/aromatic N) is 4. The lowest BCUT2D eigenvalue weighted by molar-refractivity contribution is 0.488. The molecule has 3 rings (SSSR count). The van der Waals surface area contributed by atoms with E-state index in [9.17, 15) is 0 Å². The maximum atomic E-state index is 4.47. The average Bonchev–Trinajstić information content (AvgIpc) is 3.29. The minimum Gasteiger partial charge on any atom is -0.355 e. The molecule has 1 fully saturated rings. The third kappa shape index (κ3) is 6.41. The van der Waals surface area contributed by atoms with Crippen molar-refractivity contribution in [2.24, 2.45) is 12.0 Å². The Labute approximate surface area is 184 Å². The molecule has 1 unspecified atom stereocenters. The topological polar surface area (TPSA) is 45.5 Å². The molecule has 1 atom stereocenters. The zero-order chi connectivity index (χ0) is 18.4. The molecule has 0 amide bonds. The van der Waals surface area contributed by atoms with Crippen LogP contribution in [-0.4, -0.2) is 53.1 Å². The number of hydrogen-bond acceptors (Lipinski definition) is 3. The van der Waals surface area contributed by atoms with Gasteiger partial charge < -0.3 is 10.2 Å². The molecule has 1 aliphatic heterocycles. The van der Waals surface area contributed by atoms with E-state index in [1.807, 2.05) is 36.7 Å². The number of halogens is 1. The van der Waals surface area contributed by atoms with E-state index in [2.05, 4.69) is 57.7 Å². The number of aryl methyl sites for hydroxylation is 2. The molecule has 148 valence electrons. The van der Waals surface area contributed by atoms with Gasteiger partial charge in [-0.3, -0.25) is 9.67 Å². The number of guanidine groups is 1. The highest BCUT2D eigenvalue weighted by Gasteiger charge is 2.26. The summed E-state index contributed by atoms with van der Waals surface area (Å²) >= 11 is 1.96. The van der Waals surface area contributed by atoms with E-state index in [1.165, 1.54) is 16.7 Å². The summed E-state index contributed by atoms with van der Waals surface area (Å²) in [7, 11) is 3.85. The Morgan fingerprint density at radius 2 is 2.11 bits per heavy atom. The molecule has 5 nitrogen and oxygen atoms in total. The van der Waals surface area contributed by atoms with Crippen LogP contribution in [-0.2, 0) is 12.8 Å². The zero-order valence-corrected chi connectivity index (χ0v) is 19.5. The number of rotatable bonds is 6. The van der Waals surface area contributed by atoms with Crippen molar-refractivity contribution in [2.45, 2.75) is 25.0 Å². The monoisotopic (exact) mass is 499 g/mol. The highest BCUT2D eigenvalue weighted by Crippen LogP contribution is 2.26. The van der Waals surface area contributed by atoms with Gasteiger partial charge in [0, 0.05) is 57.4 Å². The second-order valence-corrected chi connectivity index (χ2v) is 8.00. The second-order valence-electron chi connectivity index (χ2n) is 6.89. The second kappa shape index (κ2) is 10.9. The molecule has 1 saturated heterocycles. The van der Waals surface area contributed by atoms with E-state index in [0.717, 1.165) is 43.5 Å². The van der Waals surface area contributed by atoms with E-state index in [0.29, 0.717) is 5.92 Å². The molecule has 1 aromatic carbocycles. The fourth-order valence-corrected chi connectivity index (χ4v) is 4.14. The molecule has 2 heterocycles. The van der Waals surface area contributed by atoms with Gasteiger partial charge in [-0.25, -0.2) is 0 Å².